The van der Waals surface area contributed by atoms with Crippen LogP contribution >= 0.6 is 0 Å². The quantitative estimate of drug-likeness (QED) is 0.499. The van der Waals surface area contributed by atoms with E-state index in [2.05, 4.69) is 10.8 Å². The summed E-state index contributed by atoms with van der Waals surface area (Å²) in [7, 11) is -3.59. The van der Waals surface area contributed by atoms with Crippen LogP contribution in [0.15, 0.2) is 12.7 Å². The van der Waals surface area contributed by atoms with Crippen LogP contribution in [-0.4, -0.2) is 20.4 Å². The van der Waals surface area contributed by atoms with E-state index in [9.17, 15) is 8.42 Å². The van der Waals surface area contributed by atoms with E-state index < -0.39 is 15.5 Å². The van der Waals surface area contributed by atoms with Gasteiger partial charge in [0.25, 0.3) is 10.1 Å². The molecule has 1 atom stereocenters. The lowest BCUT2D eigenvalue weighted by atomic mass is 10.2. The summed E-state index contributed by atoms with van der Waals surface area (Å²) in [5.41, 5.74) is 5.43. The van der Waals surface area contributed by atoms with Gasteiger partial charge in [-0.05, 0) is 6.42 Å². The molecule has 0 fully saturated rings. The zero-order chi connectivity index (χ0) is 10.3. The average Bonchev–Trinajstić information content (AvgIpc) is 2.10. The summed E-state index contributed by atoms with van der Waals surface area (Å²) in [5.74, 6) is 0. The highest BCUT2D eigenvalue weighted by atomic mass is 32.2. The molecule has 0 radical (unpaired) electrons. The minimum absolute atomic E-state index is 0.0117. The molecule has 0 aliphatic rings. The van der Waals surface area contributed by atoms with Crippen molar-refractivity contribution in [1.29, 1.82) is 0 Å². The predicted molar refractivity (Wildman–Crippen MR) is 52.6 cm³/mol. The summed E-state index contributed by atoms with van der Waals surface area (Å²) in [6.45, 7) is 5.32. The number of nitrogens with two attached hydrogens (primary N) is 1. The SMILES string of the molecule is C=CCOS(=O)(=O)C(N)CCCC. The van der Waals surface area contributed by atoms with E-state index in [0.29, 0.717) is 6.42 Å². The minimum Gasteiger partial charge on any atom is -0.313 e. The molecule has 0 heterocycles. The Morgan fingerprint density at radius 2 is 2.23 bits per heavy atom. The topological polar surface area (TPSA) is 69.4 Å². The van der Waals surface area contributed by atoms with Crippen molar-refractivity contribution in [3.05, 3.63) is 12.7 Å². The van der Waals surface area contributed by atoms with Crippen molar-refractivity contribution in [3.8, 4) is 0 Å². The highest BCUT2D eigenvalue weighted by molar-refractivity contribution is 7.87. The highest BCUT2D eigenvalue weighted by Crippen LogP contribution is 2.07. The second-order valence-corrected chi connectivity index (χ2v) is 4.57. The molecule has 0 aromatic heterocycles. The van der Waals surface area contributed by atoms with Gasteiger partial charge < -0.3 is 5.73 Å². The van der Waals surface area contributed by atoms with Gasteiger partial charge in [-0.25, -0.2) is 0 Å². The highest BCUT2D eigenvalue weighted by Gasteiger charge is 2.20. The Morgan fingerprint density at radius 1 is 1.62 bits per heavy atom. The minimum atomic E-state index is -3.59. The van der Waals surface area contributed by atoms with Gasteiger partial charge in [-0.1, -0.05) is 25.8 Å². The maximum absolute atomic E-state index is 11.2. The van der Waals surface area contributed by atoms with Gasteiger partial charge in [0.15, 0.2) is 0 Å². The Morgan fingerprint density at radius 3 is 2.69 bits per heavy atom. The molecule has 0 saturated carbocycles. The molecule has 0 aliphatic heterocycles. The number of hydrogen-bond donors (Lipinski definition) is 1. The molecule has 0 spiro atoms. The smallest absolute Gasteiger partial charge is 0.283 e. The lowest BCUT2D eigenvalue weighted by molar-refractivity contribution is 0.346. The van der Waals surface area contributed by atoms with Crippen LogP contribution < -0.4 is 5.73 Å². The Kier molecular flexibility index (Phi) is 5.94. The van der Waals surface area contributed by atoms with Crippen LogP contribution in [0, 0.1) is 0 Å². The van der Waals surface area contributed by atoms with Crippen LogP contribution in [0.3, 0.4) is 0 Å². The fourth-order valence-corrected chi connectivity index (χ4v) is 1.70. The summed E-state index contributed by atoms with van der Waals surface area (Å²) in [5, 5.41) is -0.910. The molecule has 13 heavy (non-hydrogen) atoms. The molecular weight excluding hydrogens is 190 g/mol. The molecule has 0 amide bonds. The Hall–Kier alpha value is -0.390. The lowest BCUT2D eigenvalue weighted by Crippen LogP contribution is -2.32. The monoisotopic (exact) mass is 207 g/mol. The molecule has 0 rings (SSSR count). The molecule has 0 saturated heterocycles. The van der Waals surface area contributed by atoms with Crippen LogP contribution in [0.2, 0.25) is 0 Å². The van der Waals surface area contributed by atoms with Gasteiger partial charge in [0.2, 0.25) is 0 Å². The van der Waals surface area contributed by atoms with E-state index in [1.54, 1.807) is 0 Å². The first-order chi connectivity index (χ1) is 6.04. The van der Waals surface area contributed by atoms with Gasteiger partial charge in [0, 0.05) is 0 Å². The van der Waals surface area contributed by atoms with E-state index in [4.69, 9.17) is 5.73 Å². The fourth-order valence-electron chi connectivity index (χ4n) is 0.780. The Labute approximate surface area is 79.9 Å². The summed E-state index contributed by atoms with van der Waals surface area (Å²) in [6.07, 6.45) is 3.53. The zero-order valence-corrected chi connectivity index (χ0v) is 8.72. The molecule has 0 aliphatic carbocycles. The van der Waals surface area contributed by atoms with Gasteiger partial charge in [-0.3, -0.25) is 4.18 Å². The molecule has 5 heteroatoms. The predicted octanol–water partition coefficient (Wildman–Crippen LogP) is 0.994. The first-order valence-corrected chi connectivity index (χ1v) is 5.76. The summed E-state index contributed by atoms with van der Waals surface area (Å²) >= 11 is 0. The summed E-state index contributed by atoms with van der Waals surface area (Å²) < 4.78 is 27.0. The zero-order valence-electron chi connectivity index (χ0n) is 7.90. The van der Waals surface area contributed by atoms with Crippen molar-refractivity contribution in [3.63, 3.8) is 0 Å². The number of hydrogen-bond acceptors (Lipinski definition) is 4. The van der Waals surface area contributed by atoms with Gasteiger partial charge in [-0.15, -0.1) is 6.58 Å². The summed E-state index contributed by atoms with van der Waals surface area (Å²) in [4.78, 5) is 0. The van der Waals surface area contributed by atoms with Crippen LogP contribution in [0.25, 0.3) is 0 Å². The first kappa shape index (κ1) is 12.6. The van der Waals surface area contributed by atoms with Gasteiger partial charge in [-0.2, -0.15) is 8.42 Å². The molecule has 0 bridgehead atoms. The average molecular weight is 207 g/mol. The van der Waals surface area contributed by atoms with Crippen molar-refractivity contribution < 1.29 is 12.6 Å². The van der Waals surface area contributed by atoms with E-state index in [1.807, 2.05) is 6.92 Å². The Balaban J connectivity index is 4.03. The second kappa shape index (κ2) is 6.12. The number of rotatable bonds is 7. The molecular formula is C8H17NO3S. The van der Waals surface area contributed by atoms with Crippen molar-refractivity contribution >= 4 is 10.1 Å². The lowest BCUT2D eigenvalue weighted by Gasteiger charge is -2.10. The summed E-state index contributed by atoms with van der Waals surface area (Å²) in [6, 6.07) is 0. The maximum atomic E-state index is 11.2. The van der Waals surface area contributed by atoms with Crippen molar-refractivity contribution in [1.82, 2.24) is 0 Å². The van der Waals surface area contributed by atoms with Crippen LogP contribution in [0.5, 0.6) is 0 Å². The van der Waals surface area contributed by atoms with Crippen LogP contribution in [-0.2, 0) is 14.3 Å². The molecule has 0 aromatic rings. The van der Waals surface area contributed by atoms with Crippen molar-refractivity contribution in [2.75, 3.05) is 6.61 Å². The Bertz CT molecular complexity index is 236. The third-order valence-electron chi connectivity index (χ3n) is 1.56. The maximum Gasteiger partial charge on any atom is 0.283 e. The second-order valence-electron chi connectivity index (χ2n) is 2.75. The van der Waals surface area contributed by atoms with Crippen LogP contribution in [0.4, 0.5) is 0 Å². The standard InChI is InChI=1S/C8H17NO3S/c1-3-5-6-8(9)13(10,11)12-7-4-2/h4,8H,2-3,5-7,9H2,1H3. The van der Waals surface area contributed by atoms with E-state index >= 15 is 0 Å². The van der Waals surface area contributed by atoms with Gasteiger partial charge in [0.1, 0.15) is 5.37 Å². The van der Waals surface area contributed by atoms with Gasteiger partial charge >= 0.3 is 0 Å². The van der Waals surface area contributed by atoms with Crippen molar-refractivity contribution in [2.24, 2.45) is 5.73 Å². The van der Waals surface area contributed by atoms with Crippen LogP contribution in [0.1, 0.15) is 26.2 Å². The van der Waals surface area contributed by atoms with E-state index in [0.717, 1.165) is 12.8 Å². The first-order valence-electron chi connectivity index (χ1n) is 4.29. The van der Waals surface area contributed by atoms with Gasteiger partial charge in [0.05, 0.1) is 6.61 Å². The molecule has 4 nitrogen and oxygen atoms in total. The number of unbranched alkanes of at least 4 members (excludes halogenated alkanes) is 1. The normalized spacial score (nSPS) is 14.0. The molecule has 1 unspecified atom stereocenters. The molecule has 78 valence electrons. The van der Waals surface area contributed by atoms with Crippen molar-refractivity contribution in [2.45, 2.75) is 31.6 Å². The third kappa shape index (κ3) is 5.02. The molecule has 2 N–H and O–H groups in total. The largest absolute Gasteiger partial charge is 0.313 e. The van der Waals surface area contributed by atoms with E-state index in [-0.39, 0.29) is 6.61 Å². The fraction of sp³-hybridized carbons (Fsp3) is 0.750. The van der Waals surface area contributed by atoms with E-state index in [1.165, 1.54) is 6.08 Å². The molecule has 0 aromatic carbocycles. The third-order valence-corrected chi connectivity index (χ3v) is 3.01.